The number of nitrogens with two attached hydrogens (primary N) is 1. The average Bonchev–Trinajstić information content (AvgIpc) is 2.66. The standard InChI is InChI=1S/C20H18IN3O4/c1-2-27-17-10-14(8-15(11-22)19(25)24-20(23)26)9-16(21)18(17)28-12-13-6-4-3-5-7-13/h3-10H,2,12H2,1H3,(H3,23,24,25,26)/b15-8-. The Morgan fingerprint density at radius 2 is 1.96 bits per heavy atom. The molecule has 0 heterocycles. The Kier molecular flexibility index (Phi) is 7.83. The van der Waals surface area contributed by atoms with Crippen molar-refractivity contribution in [1.29, 1.82) is 5.26 Å². The van der Waals surface area contributed by atoms with E-state index in [1.165, 1.54) is 6.08 Å². The summed E-state index contributed by atoms with van der Waals surface area (Å²) in [5, 5.41) is 11.1. The minimum absolute atomic E-state index is 0.255. The van der Waals surface area contributed by atoms with Crippen LogP contribution in [0.5, 0.6) is 11.5 Å². The van der Waals surface area contributed by atoms with Crippen LogP contribution in [0, 0.1) is 14.9 Å². The smallest absolute Gasteiger partial charge is 0.319 e. The third-order valence-corrected chi connectivity index (χ3v) is 4.27. The Bertz CT molecular complexity index is 936. The highest BCUT2D eigenvalue weighted by atomic mass is 127. The molecular weight excluding hydrogens is 473 g/mol. The topological polar surface area (TPSA) is 114 Å². The van der Waals surface area contributed by atoms with Crippen molar-refractivity contribution in [3.8, 4) is 17.6 Å². The molecule has 0 aliphatic heterocycles. The zero-order valence-electron chi connectivity index (χ0n) is 15.1. The molecule has 0 spiro atoms. The summed E-state index contributed by atoms with van der Waals surface area (Å²) in [7, 11) is 0. The molecule has 8 heteroatoms. The third kappa shape index (κ3) is 5.99. The fourth-order valence-electron chi connectivity index (χ4n) is 2.30. The van der Waals surface area contributed by atoms with Gasteiger partial charge in [0.15, 0.2) is 11.5 Å². The molecule has 3 amide bonds. The Morgan fingerprint density at radius 3 is 2.57 bits per heavy atom. The first-order valence-electron chi connectivity index (χ1n) is 8.30. The summed E-state index contributed by atoms with van der Waals surface area (Å²) in [6, 6.07) is 13.9. The summed E-state index contributed by atoms with van der Waals surface area (Å²) in [4.78, 5) is 22.7. The van der Waals surface area contributed by atoms with Crippen LogP contribution < -0.4 is 20.5 Å². The monoisotopic (exact) mass is 491 g/mol. The SMILES string of the molecule is CCOc1cc(/C=C(/C#N)C(=O)NC(N)=O)cc(I)c1OCc1ccccc1. The number of nitrogens with zero attached hydrogens (tertiary/aromatic N) is 1. The van der Waals surface area contributed by atoms with E-state index in [4.69, 9.17) is 15.2 Å². The minimum atomic E-state index is -1.03. The number of nitrogens with one attached hydrogen (secondary N) is 1. The maximum Gasteiger partial charge on any atom is 0.319 e. The molecule has 0 atom stereocenters. The van der Waals surface area contributed by atoms with Gasteiger partial charge in [0.05, 0.1) is 10.2 Å². The molecule has 2 rings (SSSR count). The lowest BCUT2D eigenvalue weighted by molar-refractivity contribution is -0.115. The number of carbonyl (C=O) groups is 2. The number of amides is 3. The van der Waals surface area contributed by atoms with Gasteiger partial charge in [0.25, 0.3) is 5.91 Å². The van der Waals surface area contributed by atoms with Gasteiger partial charge in [0.2, 0.25) is 0 Å². The molecule has 0 saturated heterocycles. The predicted octanol–water partition coefficient (Wildman–Crippen LogP) is 3.37. The Morgan fingerprint density at radius 1 is 1.25 bits per heavy atom. The molecule has 28 heavy (non-hydrogen) atoms. The molecule has 7 nitrogen and oxygen atoms in total. The number of urea groups is 1. The van der Waals surface area contributed by atoms with E-state index >= 15 is 0 Å². The number of benzene rings is 2. The molecule has 0 aromatic heterocycles. The molecule has 0 fully saturated rings. The first-order chi connectivity index (χ1) is 13.4. The number of imide groups is 1. The lowest BCUT2D eigenvalue weighted by Gasteiger charge is -2.15. The van der Waals surface area contributed by atoms with Gasteiger partial charge in [-0.1, -0.05) is 30.3 Å². The number of primary amides is 1. The maximum atomic E-state index is 11.9. The van der Waals surface area contributed by atoms with E-state index < -0.39 is 11.9 Å². The number of hydrogen-bond acceptors (Lipinski definition) is 5. The van der Waals surface area contributed by atoms with Crippen LogP contribution in [0.1, 0.15) is 18.1 Å². The highest BCUT2D eigenvalue weighted by Crippen LogP contribution is 2.35. The van der Waals surface area contributed by atoms with Crippen LogP contribution in [0.3, 0.4) is 0 Å². The third-order valence-electron chi connectivity index (χ3n) is 3.47. The summed E-state index contributed by atoms with van der Waals surface area (Å²) >= 11 is 2.10. The summed E-state index contributed by atoms with van der Waals surface area (Å²) in [5.41, 5.74) is 6.23. The van der Waals surface area contributed by atoms with Gasteiger partial charge in [0, 0.05) is 0 Å². The normalized spacial score (nSPS) is 10.7. The van der Waals surface area contributed by atoms with Crippen molar-refractivity contribution in [3.63, 3.8) is 0 Å². The van der Waals surface area contributed by atoms with Gasteiger partial charge in [-0.3, -0.25) is 10.1 Å². The van der Waals surface area contributed by atoms with Crippen LogP contribution in [0.2, 0.25) is 0 Å². The molecule has 0 aliphatic carbocycles. The van der Waals surface area contributed by atoms with E-state index in [2.05, 4.69) is 22.6 Å². The molecule has 2 aromatic rings. The van der Waals surface area contributed by atoms with E-state index in [0.717, 1.165) is 9.13 Å². The van der Waals surface area contributed by atoms with Crippen molar-refractivity contribution in [2.24, 2.45) is 5.73 Å². The lowest BCUT2D eigenvalue weighted by Crippen LogP contribution is -2.35. The molecule has 0 saturated carbocycles. The number of nitriles is 1. The van der Waals surface area contributed by atoms with Gasteiger partial charge >= 0.3 is 6.03 Å². The second-order valence-corrected chi connectivity index (χ2v) is 6.69. The number of halogens is 1. The summed E-state index contributed by atoms with van der Waals surface area (Å²) < 4.78 is 12.4. The zero-order chi connectivity index (χ0) is 20.5. The van der Waals surface area contributed by atoms with Gasteiger partial charge in [-0.15, -0.1) is 0 Å². The lowest BCUT2D eigenvalue weighted by atomic mass is 10.1. The van der Waals surface area contributed by atoms with E-state index in [0.29, 0.717) is 30.3 Å². The molecule has 0 aliphatic rings. The molecule has 3 N–H and O–H groups in total. The number of carbonyl (C=O) groups excluding carboxylic acids is 2. The Labute approximate surface area is 176 Å². The Balaban J connectivity index is 2.33. The summed E-state index contributed by atoms with van der Waals surface area (Å²) in [5.74, 6) is 0.195. The van der Waals surface area contributed by atoms with Gasteiger partial charge in [0.1, 0.15) is 18.2 Å². The van der Waals surface area contributed by atoms with Crippen LogP contribution in [-0.4, -0.2) is 18.5 Å². The van der Waals surface area contributed by atoms with E-state index in [1.54, 1.807) is 18.2 Å². The quantitative estimate of drug-likeness (QED) is 0.350. The fourth-order valence-corrected chi connectivity index (χ4v) is 3.08. The minimum Gasteiger partial charge on any atom is -0.490 e. The van der Waals surface area contributed by atoms with Crippen molar-refractivity contribution < 1.29 is 19.1 Å². The van der Waals surface area contributed by atoms with Crippen molar-refractivity contribution in [2.45, 2.75) is 13.5 Å². The molecule has 2 aromatic carbocycles. The summed E-state index contributed by atoms with van der Waals surface area (Å²) in [6.45, 7) is 2.63. The van der Waals surface area contributed by atoms with Crippen LogP contribution in [-0.2, 0) is 11.4 Å². The van der Waals surface area contributed by atoms with Crippen LogP contribution in [0.4, 0.5) is 4.79 Å². The van der Waals surface area contributed by atoms with Gasteiger partial charge in [-0.2, -0.15) is 5.26 Å². The molecule has 0 unspecified atom stereocenters. The van der Waals surface area contributed by atoms with E-state index in [1.807, 2.05) is 42.6 Å². The van der Waals surface area contributed by atoms with Crippen LogP contribution in [0.25, 0.3) is 6.08 Å². The maximum absolute atomic E-state index is 11.9. The first-order valence-corrected chi connectivity index (χ1v) is 9.38. The second-order valence-electron chi connectivity index (χ2n) is 5.53. The van der Waals surface area contributed by atoms with E-state index in [-0.39, 0.29) is 5.57 Å². The summed E-state index contributed by atoms with van der Waals surface area (Å²) in [6.07, 6.45) is 1.35. The van der Waals surface area contributed by atoms with Crippen molar-refractivity contribution >= 4 is 40.6 Å². The first kappa shape index (κ1) is 21.2. The highest BCUT2D eigenvalue weighted by Gasteiger charge is 2.15. The van der Waals surface area contributed by atoms with Crippen LogP contribution >= 0.6 is 22.6 Å². The number of rotatable bonds is 7. The molecule has 144 valence electrons. The van der Waals surface area contributed by atoms with Crippen molar-refractivity contribution in [2.75, 3.05) is 6.61 Å². The molecule has 0 bridgehead atoms. The Hall–Kier alpha value is -3.06. The van der Waals surface area contributed by atoms with Gasteiger partial charge in [-0.05, 0) is 58.9 Å². The largest absolute Gasteiger partial charge is 0.490 e. The zero-order valence-corrected chi connectivity index (χ0v) is 17.2. The molecular formula is C20H18IN3O4. The average molecular weight is 491 g/mol. The van der Waals surface area contributed by atoms with Crippen molar-refractivity contribution in [1.82, 2.24) is 5.32 Å². The number of hydrogen-bond donors (Lipinski definition) is 2. The predicted molar refractivity (Wildman–Crippen MR) is 112 cm³/mol. The fraction of sp³-hybridized carbons (Fsp3) is 0.150. The van der Waals surface area contributed by atoms with E-state index in [9.17, 15) is 14.9 Å². The number of ether oxygens (including phenoxy) is 2. The highest BCUT2D eigenvalue weighted by molar-refractivity contribution is 14.1. The second kappa shape index (κ2) is 10.3. The van der Waals surface area contributed by atoms with Gasteiger partial charge in [-0.25, -0.2) is 4.79 Å². The van der Waals surface area contributed by atoms with Crippen LogP contribution in [0.15, 0.2) is 48.0 Å². The van der Waals surface area contributed by atoms with Gasteiger partial charge < -0.3 is 15.2 Å². The molecule has 0 radical (unpaired) electrons. The van der Waals surface area contributed by atoms with Crippen molar-refractivity contribution in [3.05, 3.63) is 62.7 Å².